The topological polar surface area (TPSA) is 44.1 Å². The van der Waals surface area contributed by atoms with Crippen molar-refractivity contribution in [2.75, 3.05) is 17.7 Å². The molecule has 0 saturated heterocycles. The Balaban J connectivity index is 2.57. The molecule has 0 saturated carbocycles. The highest BCUT2D eigenvalue weighted by Gasteiger charge is 2.46. The molecule has 1 aromatic carbocycles. The number of benzene rings is 1. The molecular weight excluding hydrogens is 268 g/mol. The number of nitrogens with zero attached hydrogens (tertiary/aromatic N) is 2. The summed E-state index contributed by atoms with van der Waals surface area (Å²) in [5.41, 5.74) is 2.66. The molecule has 0 spiro atoms. The highest BCUT2D eigenvalue weighted by molar-refractivity contribution is 8.03. The van der Waals surface area contributed by atoms with E-state index in [0.717, 1.165) is 23.0 Å². The fourth-order valence-corrected chi connectivity index (χ4v) is 3.28. The number of carbonyl (C=O) groups excluding carboxylic acids is 1. The maximum Gasteiger partial charge on any atom is 0.238 e. The standard InChI is InChI=1S/C16H20N2OS/c1-15(2,3)11-6-7-13-12(8-11)16(4,9-20-10-17)14(19)18(13)5/h6-8H,9H2,1-5H3. The van der Waals surface area contributed by atoms with Gasteiger partial charge in [-0.2, -0.15) is 5.26 Å². The maximum absolute atomic E-state index is 12.6. The van der Waals surface area contributed by atoms with Gasteiger partial charge in [-0.3, -0.25) is 4.79 Å². The molecule has 0 bridgehead atoms. The van der Waals surface area contributed by atoms with Gasteiger partial charge >= 0.3 is 0 Å². The first-order chi connectivity index (χ1) is 9.21. The van der Waals surface area contributed by atoms with E-state index in [1.165, 1.54) is 5.56 Å². The SMILES string of the molecule is CN1C(=O)C(C)(CSC#N)c2cc(C(C)(C)C)ccc21. The zero-order chi connectivity index (χ0) is 15.1. The lowest BCUT2D eigenvalue weighted by Crippen LogP contribution is -2.38. The largest absolute Gasteiger partial charge is 0.314 e. The van der Waals surface area contributed by atoms with Crippen molar-refractivity contribution in [2.45, 2.75) is 38.5 Å². The molecular formula is C16H20N2OS. The molecule has 2 rings (SSSR count). The minimum absolute atomic E-state index is 0.0442. The minimum Gasteiger partial charge on any atom is -0.314 e. The number of carbonyl (C=O) groups is 1. The molecule has 0 aliphatic carbocycles. The first kappa shape index (κ1) is 14.9. The van der Waals surface area contributed by atoms with Gasteiger partial charge in [-0.05, 0) is 41.3 Å². The summed E-state index contributed by atoms with van der Waals surface area (Å²) in [7, 11) is 1.81. The van der Waals surface area contributed by atoms with Crippen LogP contribution < -0.4 is 4.90 Å². The van der Waals surface area contributed by atoms with Crippen LogP contribution in [0.1, 0.15) is 38.8 Å². The van der Waals surface area contributed by atoms with Gasteiger partial charge in [0.15, 0.2) is 0 Å². The van der Waals surface area contributed by atoms with E-state index in [0.29, 0.717) is 5.75 Å². The fraction of sp³-hybridized carbons (Fsp3) is 0.500. The van der Waals surface area contributed by atoms with Crippen LogP contribution in [0, 0.1) is 10.7 Å². The van der Waals surface area contributed by atoms with E-state index in [2.05, 4.69) is 38.3 Å². The third-order valence-electron chi connectivity index (χ3n) is 4.02. The monoisotopic (exact) mass is 288 g/mol. The second-order valence-corrected chi connectivity index (χ2v) is 7.32. The van der Waals surface area contributed by atoms with Gasteiger partial charge in [0, 0.05) is 18.5 Å². The van der Waals surface area contributed by atoms with Crippen LogP contribution in [0.25, 0.3) is 0 Å². The van der Waals surface area contributed by atoms with Gasteiger partial charge in [-0.25, -0.2) is 0 Å². The molecule has 0 N–H and O–H groups in total. The van der Waals surface area contributed by atoms with Crippen molar-refractivity contribution >= 4 is 23.4 Å². The number of hydrogen-bond donors (Lipinski definition) is 0. The van der Waals surface area contributed by atoms with Crippen LogP contribution in [0.5, 0.6) is 0 Å². The highest BCUT2D eigenvalue weighted by Crippen LogP contribution is 2.44. The third-order valence-corrected chi connectivity index (χ3v) is 4.87. The Kier molecular flexibility index (Phi) is 3.60. The van der Waals surface area contributed by atoms with Crippen LogP contribution in [0.2, 0.25) is 0 Å². The van der Waals surface area contributed by atoms with E-state index in [-0.39, 0.29) is 11.3 Å². The Morgan fingerprint density at radius 1 is 1.40 bits per heavy atom. The molecule has 20 heavy (non-hydrogen) atoms. The van der Waals surface area contributed by atoms with Crippen molar-refractivity contribution < 1.29 is 4.79 Å². The van der Waals surface area contributed by atoms with E-state index in [4.69, 9.17) is 5.26 Å². The van der Waals surface area contributed by atoms with Crippen molar-refractivity contribution in [1.29, 1.82) is 5.26 Å². The number of fused-ring (bicyclic) bond motifs is 1. The number of hydrogen-bond acceptors (Lipinski definition) is 3. The molecule has 1 aliphatic heterocycles. The van der Waals surface area contributed by atoms with Crippen molar-refractivity contribution in [3.63, 3.8) is 0 Å². The zero-order valence-electron chi connectivity index (χ0n) is 12.7. The average Bonchev–Trinajstić information content (AvgIpc) is 2.58. The van der Waals surface area contributed by atoms with Crippen molar-refractivity contribution in [3.8, 4) is 5.40 Å². The van der Waals surface area contributed by atoms with E-state index in [9.17, 15) is 4.79 Å². The zero-order valence-corrected chi connectivity index (χ0v) is 13.5. The Bertz CT molecular complexity index is 597. The second-order valence-electron chi connectivity index (χ2n) is 6.56. The molecule has 0 fully saturated rings. The summed E-state index contributed by atoms with van der Waals surface area (Å²) in [6.45, 7) is 8.43. The number of anilines is 1. The molecule has 0 radical (unpaired) electrons. The van der Waals surface area contributed by atoms with Gasteiger partial charge < -0.3 is 4.90 Å². The summed E-state index contributed by atoms with van der Waals surface area (Å²) in [5, 5.41) is 10.9. The number of likely N-dealkylation sites (N-methyl/N-ethyl adjacent to an activating group) is 1. The Morgan fingerprint density at radius 3 is 2.60 bits per heavy atom. The molecule has 0 aromatic heterocycles. The van der Waals surface area contributed by atoms with Crippen LogP contribution in [0.3, 0.4) is 0 Å². The summed E-state index contributed by atoms with van der Waals surface area (Å²) in [6, 6.07) is 6.25. The van der Waals surface area contributed by atoms with Gasteiger partial charge in [-0.15, -0.1) is 0 Å². The molecule has 1 aliphatic rings. The summed E-state index contributed by atoms with van der Waals surface area (Å²) in [5.74, 6) is 0.564. The predicted molar refractivity (Wildman–Crippen MR) is 84.0 cm³/mol. The van der Waals surface area contributed by atoms with Crippen LogP contribution >= 0.6 is 11.8 Å². The quantitative estimate of drug-likeness (QED) is 0.783. The van der Waals surface area contributed by atoms with Crippen LogP contribution in [0.15, 0.2) is 18.2 Å². The van der Waals surface area contributed by atoms with E-state index >= 15 is 0 Å². The highest BCUT2D eigenvalue weighted by atomic mass is 32.2. The summed E-state index contributed by atoms with van der Waals surface area (Å²) >= 11 is 1.14. The molecule has 3 nitrogen and oxygen atoms in total. The maximum atomic E-state index is 12.6. The van der Waals surface area contributed by atoms with Crippen LogP contribution in [-0.2, 0) is 15.6 Å². The van der Waals surface area contributed by atoms with Gasteiger partial charge in [0.2, 0.25) is 5.91 Å². The lowest BCUT2D eigenvalue weighted by molar-refractivity contribution is -0.121. The Labute approximate surface area is 125 Å². The summed E-state index contributed by atoms with van der Waals surface area (Å²) < 4.78 is 0. The van der Waals surface area contributed by atoms with Gasteiger partial charge in [0.05, 0.1) is 5.41 Å². The lowest BCUT2D eigenvalue weighted by atomic mass is 9.80. The number of thioether (sulfide) groups is 1. The summed E-state index contributed by atoms with van der Waals surface area (Å²) in [4.78, 5) is 14.3. The van der Waals surface area contributed by atoms with Crippen molar-refractivity contribution in [2.24, 2.45) is 0 Å². The van der Waals surface area contributed by atoms with Crippen LogP contribution in [-0.4, -0.2) is 18.7 Å². The number of nitriles is 1. The van der Waals surface area contributed by atoms with E-state index < -0.39 is 5.41 Å². The molecule has 1 aromatic rings. The van der Waals surface area contributed by atoms with Crippen molar-refractivity contribution in [3.05, 3.63) is 29.3 Å². The first-order valence-corrected chi connectivity index (χ1v) is 7.64. The minimum atomic E-state index is -0.605. The first-order valence-electron chi connectivity index (χ1n) is 6.66. The lowest BCUT2D eigenvalue weighted by Gasteiger charge is -2.24. The van der Waals surface area contributed by atoms with Crippen molar-refractivity contribution in [1.82, 2.24) is 0 Å². The van der Waals surface area contributed by atoms with Crippen LogP contribution in [0.4, 0.5) is 5.69 Å². The van der Waals surface area contributed by atoms with Gasteiger partial charge in [0.1, 0.15) is 5.40 Å². The Hall–Kier alpha value is -1.47. The molecule has 106 valence electrons. The molecule has 1 atom stereocenters. The molecule has 1 unspecified atom stereocenters. The molecule has 4 heteroatoms. The number of rotatable bonds is 2. The van der Waals surface area contributed by atoms with E-state index in [1.807, 2.05) is 13.0 Å². The number of amides is 1. The van der Waals surface area contributed by atoms with Gasteiger partial charge in [-0.1, -0.05) is 32.9 Å². The smallest absolute Gasteiger partial charge is 0.238 e. The summed E-state index contributed by atoms with van der Waals surface area (Å²) in [6.07, 6.45) is 0. The normalized spacial score (nSPS) is 21.8. The molecule has 1 amide bonds. The number of thiocyanates is 1. The average molecular weight is 288 g/mol. The third kappa shape index (κ3) is 2.20. The molecule has 1 heterocycles. The van der Waals surface area contributed by atoms with Gasteiger partial charge in [0.25, 0.3) is 0 Å². The Morgan fingerprint density at radius 2 is 2.05 bits per heavy atom. The fourth-order valence-electron chi connectivity index (χ4n) is 2.65. The predicted octanol–water partition coefficient (Wildman–Crippen LogP) is 3.43. The van der Waals surface area contributed by atoms with E-state index in [1.54, 1.807) is 11.9 Å². The second kappa shape index (κ2) is 4.82.